The Morgan fingerprint density at radius 2 is 2.12 bits per heavy atom. The first-order valence-electron chi connectivity index (χ1n) is 8.14. The van der Waals surface area contributed by atoms with Crippen LogP contribution in [0.1, 0.15) is 23.0 Å². The fourth-order valence-corrected chi connectivity index (χ4v) is 2.52. The van der Waals surface area contributed by atoms with Crippen LogP contribution in [0.4, 0.5) is 5.69 Å². The molecule has 0 atom stereocenters. The van der Waals surface area contributed by atoms with Gasteiger partial charge >= 0.3 is 0 Å². The van der Waals surface area contributed by atoms with Gasteiger partial charge in [0.2, 0.25) is 0 Å². The number of benzene rings is 2. The molecule has 1 aromatic heterocycles. The Morgan fingerprint density at radius 3 is 2.88 bits per heavy atom. The molecule has 1 amide bonds. The monoisotopic (exact) mass is 348 g/mol. The van der Waals surface area contributed by atoms with Gasteiger partial charge in [-0.25, -0.2) is 5.43 Å². The number of rotatable bonds is 6. The van der Waals surface area contributed by atoms with Gasteiger partial charge in [0.1, 0.15) is 12.4 Å². The van der Waals surface area contributed by atoms with E-state index in [2.05, 4.69) is 22.1 Å². The van der Waals surface area contributed by atoms with Crippen molar-refractivity contribution in [1.29, 1.82) is 0 Å². The van der Waals surface area contributed by atoms with Crippen LogP contribution in [0.2, 0.25) is 0 Å². The number of nitrogens with zero attached hydrogens (tertiary/aromatic N) is 1. The van der Waals surface area contributed by atoms with Gasteiger partial charge in [-0.15, -0.1) is 0 Å². The second-order valence-electron chi connectivity index (χ2n) is 5.76. The minimum Gasteiger partial charge on any atom is -0.489 e. The minimum atomic E-state index is -0.396. The number of hydrogen-bond acceptors (Lipinski definition) is 4. The molecule has 4 N–H and O–H groups in total. The first-order valence-corrected chi connectivity index (χ1v) is 8.14. The summed E-state index contributed by atoms with van der Waals surface area (Å²) < 4.78 is 5.50. The number of aromatic nitrogens is 1. The van der Waals surface area contributed by atoms with E-state index in [1.165, 1.54) is 0 Å². The Labute approximate surface area is 151 Å². The molecule has 2 aromatic carbocycles. The normalized spacial score (nSPS) is 11.3. The Balaban J connectivity index is 1.80. The van der Waals surface area contributed by atoms with Crippen LogP contribution < -0.4 is 15.9 Å². The molecule has 1 heterocycles. The summed E-state index contributed by atoms with van der Waals surface area (Å²) in [5, 5.41) is 5.27. The van der Waals surface area contributed by atoms with Crippen molar-refractivity contribution in [3.05, 3.63) is 72.4 Å². The van der Waals surface area contributed by atoms with Gasteiger partial charge < -0.3 is 15.5 Å². The number of carbonyl (C=O) groups is 1. The number of carbonyl (C=O) groups excluding carboxylic acids is 1. The molecule has 0 saturated carbocycles. The van der Waals surface area contributed by atoms with Crippen molar-refractivity contribution in [3.63, 3.8) is 0 Å². The summed E-state index contributed by atoms with van der Waals surface area (Å²) >= 11 is 0. The van der Waals surface area contributed by atoms with Gasteiger partial charge in [-0.3, -0.25) is 4.79 Å². The molecular weight excluding hydrogens is 328 g/mol. The predicted octanol–water partition coefficient (Wildman–Crippen LogP) is 3.47. The van der Waals surface area contributed by atoms with Crippen molar-refractivity contribution in [1.82, 2.24) is 10.4 Å². The van der Waals surface area contributed by atoms with E-state index in [4.69, 9.17) is 10.5 Å². The fraction of sp³-hybridized carbons (Fsp3) is 0.100. The zero-order valence-electron chi connectivity index (χ0n) is 14.5. The lowest BCUT2D eigenvalue weighted by Gasteiger charge is -2.10. The molecule has 0 aliphatic heterocycles. The Morgan fingerprint density at radius 1 is 1.31 bits per heavy atom. The Bertz CT molecular complexity index is 955. The highest BCUT2D eigenvalue weighted by molar-refractivity contribution is 6.03. The molecule has 3 rings (SSSR count). The third kappa shape index (κ3) is 3.75. The zero-order valence-corrected chi connectivity index (χ0v) is 14.5. The molecule has 6 nitrogen and oxygen atoms in total. The number of nitrogens with one attached hydrogen (secondary N) is 2. The maximum Gasteiger partial charge on any atom is 0.275 e. The van der Waals surface area contributed by atoms with Crippen molar-refractivity contribution >= 4 is 28.2 Å². The average molecular weight is 348 g/mol. The van der Waals surface area contributed by atoms with E-state index in [1.807, 2.05) is 37.3 Å². The van der Waals surface area contributed by atoms with E-state index < -0.39 is 5.91 Å². The lowest BCUT2D eigenvalue weighted by Crippen LogP contribution is -2.20. The number of fused-ring (bicyclic) bond motifs is 1. The summed E-state index contributed by atoms with van der Waals surface area (Å²) in [7, 11) is 0. The van der Waals surface area contributed by atoms with Gasteiger partial charge in [0, 0.05) is 16.6 Å². The molecule has 0 unspecified atom stereocenters. The number of anilines is 1. The number of H-pyrrole nitrogens is 1. The Hall–Kier alpha value is -3.54. The average Bonchev–Trinajstić information content (AvgIpc) is 3.09. The summed E-state index contributed by atoms with van der Waals surface area (Å²) in [6.07, 6.45) is 1.61. The number of para-hydroxylation sites is 1. The zero-order chi connectivity index (χ0) is 18.5. The number of amides is 1. The molecule has 0 aliphatic rings. The second-order valence-corrected chi connectivity index (χ2v) is 5.76. The van der Waals surface area contributed by atoms with E-state index >= 15 is 0 Å². The van der Waals surface area contributed by atoms with Gasteiger partial charge in [-0.05, 0) is 37.3 Å². The molecule has 0 fully saturated rings. The molecule has 0 aliphatic carbocycles. The van der Waals surface area contributed by atoms with E-state index in [-0.39, 0.29) is 0 Å². The number of nitrogen functional groups attached to an aromatic ring is 1. The van der Waals surface area contributed by atoms with Crippen molar-refractivity contribution in [2.45, 2.75) is 6.92 Å². The third-order valence-corrected chi connectivity index (χ3v) is 3.85. The van der Waals surface area contributed by atoms with Crippen LogP contribution >= 0.6 is 0 Å². The first-order chi connectivity index (χ1) is 12.6. The van der Waals surface area contributed by atoms with Crippen molar-refractivity contribution < 1.29 is 9.53 Å². The molecule has 0 bridgehead atoms. The van der Waals surface area contributed by atoms with Gasteiger partial charge in [-0.2, -0.15) is 5.10 Å². The fourth-order valence-electron chi connectivity index (χ4n) is 2.52. The highest BCUT2D eigenvalue weighted by Crippen LogP contribution is 2.21. The van der Waals surface area contributed by atoms with Crippen LogP contribution in [0.5, 0.6) is 5.75 Å². The van der Waals surface area contributed by atoms with E-state index in [9.17, 15) is 4.79 Å². The van der Waals surface area contributed by atoms with Crippen molar-refractivity contribution in [2.75, 3.05) is 12.3 Å². The predicted molar refractivity (Wildman–Crippen MR) is 105 cm³/mol. The second kappa shape index (κ2) is 7.57. The SMILES string of the molecule is C=CCOc1ccc(N)cc1C(=O)N/N=C(\C)c1cc2ccccc2[nH]1. The third-order valence-electron chi connectivity index (χ3n) is 3.85. The van der Waals surface area contributed by atoms with Gasteiger partial charge in [0.25, 0.3) is 5.91 Å². The molecule has 132 valence electrons. The van der Waals surface area contributed by atoms with Gasteiger partial charge in [0.15, 0.2) is 0 Å². The van der Waals surface area contributed by atoms with Gasteiger partial charge in [0.05, 0.1) is 17.0 Å². The van der Waals surface area contributed by atoms with Crippen molar-refractivity contribution in [3.8, 4) is 5.75 Å². The number of nitrogens with two attached hydrogens (primary N) is 1. The summed E-state index contributed by atoms with van der Waals surface area (Å²) in [5.74, 6) is 0.0295. The van der Waals surface area contributed by atoms with Crippen LogP contribution in [-0.2, 0) is 0 Å². The largest absolute Gasteiger partial charge is 0.489 e. The maximum absolute atomic E-state index is 12.5. The lowest BCUT2D eigenvalue weighted by molar-refractivity contribution is 0.0951. The lowest BCUT2D eigenvalue weighted by atomic mass is 10.1. The van der Waals surface area contributed by atoms with E-state index in [0.717, 1.165) is 16.6 Å². The number of hydrazone groups is 1. The summed E-state index contributed by atoms with van der Waals surface area (Å²) in [6.45, 7) is 5.72. The van der Waals surface area contributed by atoms with Crippen molar-refractivity contribution in [2.24, 2.45) is 5.10 Å². The van der Waals surface area contributed by atoms with E-state index in [1.54, 1.807) is 24.3 Å². The van der Waals surface area contributed by atoms with Crippen LogP contribution in [0.3, 0.4) is 0 Å². The van der Waals surface area contributed by atoms with Crippen LogP contribution in [0.15, 0.2) is 66.3 Å². The quantitative estimate of drug-likeness (QED) is 0.276. The summed E-state index contributed by atoms with van der Waals surface area (Å²) in [5.41, 5.74) is 11.6. The molecule has 3 aromatic rings. The number of aromatic amines is 1. The molecular formula is C20H20N4O2. The highest BCUT2D eigenvalue weighted by Gasteiger charge is 2.13. The highest BCUT2D eigenvalue weighted by atomic mass is 16.5. The number of hydrogen-bond donors (Lipinski definition) is 3. The van der Waals surface area contributed by atoms with Crippen LogP contribution in [0, 0.1) is 0 Å². The van der Waals surface area contributed by atoms with E-state index in [0.29, 0.717) is 29.3 Å². The topological polar surface area (TPSA) is 92.5 Å². The van der Waals surface area contributed by atoms with Crippen LogP contribution in [-0.4, -0.2) is 23.2 Å². The van der Waals surface area contributed by atoms with Gasteiger partial charge in [-0.1, -0.05) is 30.9 Å². The number of ether oxygens (including phenoxy) is 1. The molecule has 26 heavy (non-hydrogen) atoms. The standard InChI is InChI=1S/C20H20N4O2/c1-3-10-26-19-9-8-15(21)12-16(19)20(25)24-23-13(2)18-11-14-6-4-5-7-17(14)22-18/h3-9,11-12,22H,1,10,21H2,2H3,(H,24,25)/b23-13+. The van der Waals surface area contributed by atoms with Crippen LogP contribution in [0.25, 0.3) is 10.9 Å². The molecule has 0 saturated heterocycles. The smallest absolute Gasteiger partial charge is 0.275 e. The summed E-state index contributed by atoms with van der Waals surface area (Å²) in [6, 6.07) is 14.8. The molecule has 6 heteroatoms. The Kier molecular flexibility index (Phi) is 5.03. The molecule has 0 spiro atoms. The molecule has 0 radical (unpaired) electrons. The maximum atomic E-state index is 12.5. The first kappa shape index (κ1) is 17.3. The minimum absolute atomic E-state index is 0.293. The summed E-state index contributed by atoms with van der Waals surface area (Å²) in [4.78, 5) is 15.8.